The summed E-state index contributed by atoms with van der Waals surface area (Å²) >= 11 is 3.43. The van der Waals surface area contributed by atoms with Gasteiger partial charge in [-0.25, -0.2) is 0 Å². The summed E-state index contributed by atoms with van der Waals surface area (Å²) in [6.07, 6.45) is 0.911. The van der Waals surface area contributed by atoms with E-state index in [1.807, 2.05) is 18.2 Å². The maximum atomic E-state index is 12.0. The quantitative estimate of drug-likeness (QED) is 0.877. The molecule has 0 spiro atoms. The number of carbonyl (C=O) groups excluding carboxylic acids is 1. The number of nitrogens with one attached hydrogen (secondary N) is 2. The van der Waals surface area contributed by atoms with Gasteiger partial charge in [-0.2, -0.15) is 0 Å². The molecular weight excluding hydrogens is 280 g/mol. The molecule has 2 rings (SSSR count). The summed E-state index contributed by atoms with van der Waals surface area (Å²) in [4.78, 5) is 12.0. The molecule has 1 atom stereocenters. The number of hydrogen-bond acceptors (Lipinski definition) is 2. The fourth-order valence-corrected chi connectivity index (χ4v) is 2.45. The van der Waals surface area contributed by atoms with E-state index >= 15 is 0 Å². The van der Waals surface area contributed by atoms with Gasteiger partial charge in [0.05, 0.1) is 17.3 Å². The molecule has 0 radical (unpaired) electrons. The molecular formula is C13H17BrN2O. The normalized spacial score (nSPS) is 19.3. The summed E-state index contributed by atoms with van der Waals surface area (Å²) in [6, 6.07) is 5.85. The molecule has 1 unspecified atom stereocenters. The fourth-order valence-electron chi connectivity index (χ4n) is 2.09. The van der Waals surface area contributed by atoms with Crippen molar-refractivity contribution in [2.45, 2.75) is 20.3 Å². The first-order valence-electron chi connectivity index (χ1n) is 5.90. The van der Waals surface area contributed by atoms with Gasteiger partial charge in [0.15, 0.2) is 0 Å². The average molecular weight is 297 g/mol. The molecule has 0 fully saturated rings. The van der Waals surface area contributed by atoms with Crippen LogP contribution in [0.4, 0.5) is 11.4 Å². The van der Waals surface area contributed by atoms with Crippen molar-refractivity contribution in [2.24, 2.45) is 11.8 Å². The van der Waals surface area contributed by atoms with Crippen molar-refractivity contribution in [1.29, 1.82) is 0 Å². The predicted molar refractivity (Wildman–Crippen MR) is 74.2 cm³/mol. The standard InChI is InChI=1S/C13H17BrN2O/c1-8(2)5-9-7-15-12-6-10(14)3-4-11(12)16-13(9)17/h3-4,6,8-9,15H,5,7H2,1-2H3,(H,16,17). The van der Waals surface area contributed by atoms with E-state index in [0.717, 1.165) is 22.3 Å². The Kier molecular flexibility index (Phi) is 3.72. The van der Waals surface area contributed by atoms with Crippen molar-refractivity contribution < 1.29 is 4.79 Å². The Hall–Kier alpha value is -1.03. The van der Waals surface area contributed by atoms with Crippen LogP contribution in [0.3, 0.4) is 0 Å². The van der Waals surface area contributed by atoms with Gasteiger partial charge >= 0.3 is 0 Å². The number of anilines is 2. The van der Waals surface area contributed by atoms with Crippen LogP contribution in [0, 0.1) is 11.8 Å². The van der Waals surface area contributed by atoms with Crippen molar-refractivity contribution in [3.63, 3.8) is 0 Å². The minimum Gasteiger partial charge on any atom is -0.383 e. The number of halogens is 1. The van der Waals surface area contributed by atoms with Crippen LogP contribution in [0.5, 0.6) is 0 Å². The van der Waals surface area contributed by atoms with Crippen molar-refractivity contribution >= 4 is 33.2 Å². The van der Waals surface area contributed by atoms with Gasteiger partial charge in [0.1, 0.15) is 0 Å². The van der Waals surface area contributed by atoms with Crippen LogP contribution >= 0.6 is 15.9 Å². The number of rotatable bonds is 2. The predicted octanol–water partition coefficient (Wildman–Crippen LogP) is 3.48. The van der Waals surface area contributed by atoms with E-state index in [-0.39, 0.29) is 11.8 Å². The van der Waals surface area contributed by atoms with Crippen LogP contribution in [-0.4, -0.2) is 12.5 Å². The second-order valence-electron chi connectivity index (χ2n) is 4.89. The van der Waals surface area contributed by atoms with E-state index in [4.69, 9.17) is 0 Å². The second kappa shape index (κ2) is 5.08. The van der Waals surface area contributed by atoms with E-state index in [2.05, 4.69) is 40.4 Å². The molecule has 1 aliphatic heterocycles. The molecule has 0 saturated heterocycles. The van der Waals surface area contributed by atoms with Crippen LogP contribution < -0.4 is 10.6 Å². The van der Waals surface area contributed by atoms with Gasteiger partial charge in [-0.3, -0.25) is 4.79 Å². The molecule has 0 saturated carbocycles. The smallest absolute Gasteiger partial charge is 0.229 e. The van der Waals surface area contributed by atoms with Crippen molar-refractivity contribution in [3.8, 4) is 0 Å². The Bertz CT molecular complexity index is 431. The van der Waals surface area contributed by atoms with Crippen LogP contribution in [-0.2, 0) is 4.79 Å². The van der Waals surface area contributed by atoms with E-state index in [0.29, 0.717) is 12.5 Å². The van der Waals surface area contributed by atoms with Gasteiger partial charge in [0.2, 0.25) is 5.91 Å². The fraction of sp³-hybridized carbons (Fsp3) is 0.462. The van der Waals surface area contributed by atoms with Gasteiger partial charge in [-0.05, 0) is 30.5 Å². The van der Waals surface area contributed by atoms with Gasteiger partial charge < -0.3 is 10.6 Å². The zero-order valence-corrected chi connectivity index (χ0v) is 11.7. The number of carbonyl (C=O) groups is 1. The van der Waals surface area contributed by atoms with Crippen LogP contribution in [0.15, 0.2) is 22.7 Å². The first-order valence-corrected chi connectivity index (χ1v) is 6.70. The van der Waals surface area contributed by atoms with E-state index in [1.54, 1.807) is 0 Å². The van der Waals surface area contributed by atoms with Crippen molar-refractivity contribution in [2.75, 3.05) is 17.2 Å². The van der Waals surface area contributed by atoms with E-state index in [9.17, 15) is 4.79 Å². The molecule has 17 heavy (non-hydrogen) atoms. The zero-order valence-electron chi connectivity index (χ0n) is 10.1. The molecule has 1 amide bonds. The number of amides is 1. The summed E-state index contributed by atoms with van der Waals surface area (Å²) in [5.74, 6) is 0.689. The lowest BCUT2D eigenvalue weighted by Crippen LogP contribution is -2.27. The summed E-state index contributed by atoms with van der Waals surface area (Å²) in [6.45, 7) is 4.98. The lowest BCUT2D eigenvalue weighted by molar-refractivity contribution is -0.119. The topological polar surface area (TPSA) is 41.1 Å². The first-order chi connectivity index (χ1) is 8.06. The Morgan fingerprint density at radius 2 is 2.18 bits per heavy atom. The lowest BCUT2D eigenvalue weighted by Gasteiger charge is -2.15. The highest BCUT2D eigenvalue weighted by molar-refractivity contribution is 9.10. The summed E-state index contributed by atoms with van der Waals surface area (Å²) in [5.41, 5.74) is 1.85. The molecule has 2 N–H and O–H groups in total. The van der Waals surface area contributed by atoms with Gasteiger partial charge in [-0.15, -0.1) is 0 Å². The summed E-state index contributed by atoms with van der Waals surface area (Å²) < 4.78 is 1.01. The summed E-state index contributed by atoms with van der Waals surface area (Å²) in [5, 5.41) is 6.32. The Morgan fingerprint density at radius 3 is 2.88 bits per heavy atom. The van der Waals surface area contributed by atoms with Gasteiger partial charge in [-0.1, -0.05) is 29.8 Å². The molecule has 92 valence electrons. The average Bonchev–Trinajstić information content (AvgIpc) is 2.39. The minimum absolute atomic E-state index is 0.0428. The van der Waals surface area contributed by atoms with Crippen molar-refractivity contribution in [3.05, 3.63) is 22.7 Å². The SMILES string of the molecule is CC(C)CC1CNc2cc(Br)ccc2NC1=O. The van der Waals surface area contributed by atoms with Gasteiger partial charge in [0, 0.05) is 11.0 Å². The largest absolute Gasteiger partial charge is 0.383 e. The molecule has 0 bridgehead atoms. The van der Waals surface area contributed by atoms with Crippen LogP contribution in [0.25, 0.3) is 0 Å². The number of benzene rings is 1. The van der Waals surface area contributed by atoms with Crippen LogP contribution in [0.1, 0.15) is 20.3 Å². The molecule has 1 aromatic rings. The van der Waals surface area contributed by atoms with E-state index in [1.165, 1.54) is 0 Å². The molecule has 1 aromatic carbocycles. The third-order valence-corrected chi connectivity index (χ3v) is 3.40. The van der Waals surface area contributed by atoms with Crippen LogP contribution in [0.2, 0.25) is 0 Å². The Balaban J connectivity index is 2.19. The maximum Gasteiger partial charge on any atom is 0.229 e. The van der Waals surface area contributed by atoms with Gasteiger partial charge in [0.25, 0.3) is 0 Å². The molecule has 3 nitrogen and oxygen atoms in total. The second-order valence-corrected chi connectivity index (χ2v) is 5.80. The lowest BCUT2D eigenvalue weighted by atomic mass is 9.96. The highest BCUT2D eigenvalue weighted by Gasteiger charge is 2.23. The van der Waals surface area contributed by atoms with E-state index < -0.39 is 0 Å². The third kappa shape index (κ3) is 3.00. The molecule has 4 heteroatoms. The maximum absolute atomic E-state index is 12.0. The first kappa shape index (κ1) is 12.4. The number of fused-ring (bicyclic) bond motifs is 1. The minimum atomic E-state index is 0.0428. The number of hydrogen-bond donors (Lipinski definition) is 2. The molecule has 0 aliphatic carbocycles. The van der Waals surface area contributed by atoms with Crippen molar-refractivity contribution in [1.82, 2.24) is 0 Å². The molecule has 0 aromatic heterocycles. The monoisotopic (exact) mass is 296 g/mol. The zero-order chi connectivity index (χ0) is 12.4. The molecule has 1 aliphatic rings. The Labute approximate surface area is 110 Å². The Morgan fingerprint density at radius 1 is 1.41 bits per heavy atom. The third-order valence-electron chi connectivity index (χ3n) is 2.91. The molecule has 1 heterocycles. The highest BCUT2D eigenvalue weighted by Crippen LogP contribution is 2.29. The summed E-state index contributed by atoms with van der Waals surface area (Å²) in [7, 11) is 0. The highest BCUT2D eigenvalue weighted by atomic mass is 79.9.